The second-order valence-electron chi connectivity index (χ2n) is 3.50. The first-order valence-corrected chi connectivity index (χ1v) is 3.86. The Hall–Kier alpha value is -0.530. The number of carbonyl (C=O) groups excluding carboxylic acids is 1. The maximum atomic E-state index is 11.0. The van der Waals surface area contributed by atoms with Gasteiger partial charge in [0.2, 0.25) is 0 Å². The van der Waals surface area contributed by atoms with Crippen LogP contribution >= 0.6 is 0 Å². The smallest absolute Gasteiger partial charge is 0.309 e. The first-order chi connectivity index (χ1) is 4.78. The fourth-order valence-electron chi connectivity index (χ4n) is 2.01. The molecule has 1 unspecified atom stereocenters. The predicted octanol–water partition coefficient (Wildman–Crippen LogP) is 1.35. The van der Waals surface area contributed by atoms with E-state index in [1.165, 1.54) is 26.4 Å². The number of hydrogen-bond acceptors (Lipinski definition) is 2. The van der Waals surface area contributed by atoms with Crippen LogP contribution in [-0.4, -0.2) is 13.1 Å². The van der Waals surface area contributed by atoms with Gasteiger partial charge in [-0.05, 0) is 24.7 Å². The molecule has 0 radical (unpaired) electrons. The topological polar surface area (TPSA) is 26.3 Å². The molecule has 1 atom stereocenters. The van der Waals surface area contributed by atoms with Gasteiger partial charge in [-0.1, -0.05) is 6.42 Å². The molecule has 0 amide bonds. The van der Waals surface area contributed by atoms with E-state index in [9.17, 15) is 4.79 Å². The molecule has 2 aliphatic carbocycles. The number of methoxy groups -OCH3 is 1. The van der Waals surface area contributed by atoms with Crippen molar-refractivity contribution in [2.24, 2.45) is 11.3 Å². The van der Waals surface area contributed by atoms with E-state index in [-0.39, 0.29) is 11.9 Å². The van der Waals surface area contributed by atoms with Crippen molar-refractivity contribution < 1.29 is 9.53 Å². The molecular weight excluding hydrogens is 128 g/mol. The van der Waals surface area contributed by atoms with Crippen molar-refractivity contribution in [1.29, 1.82) is 0 Å². The van der Waals surface area contributed by atoms with Crippen molar-refractivity contribution in [3.63, 3.8) is 0 Å². The monoisotopic (exact) mass is 140 g/mol. The second-order valence-corrected chi connectivity index (χ2v) is 3.50. The van der Waals surface area contributed by atoms with Crippen LogP contribution in [0, 0.1) is 11.3 Å². The summed E-state index contributed by atoms with van der Waals surface area (Å²) in [4.78, 5) is 11.0. The molecule has 0 saturated heterocycles. The van der Waals surface area contributed by atoms with Gasteiger partial charge < -0.3 is 4.74 Å². The van der Waals surface area contributed by atoms with Crippen LogP contribution in [0.3, 0.4) is 0 Å². The molecule has 2 aliphatic rings. The molecule has 1 spiro atoms. The lowest BCUT2D eigenvalue weighted by molar-refractivity contribution is -0.143. The number of ether oxygens (including phenoxy) is 1. The van der Waals surface area contributed by atoms with Crippen molar-refractivity contribution in [2.45, 2.75) is 25.7 Å². The van der Waals surface area contributed by atoms with Crippen LogP contribution in [0.25, 0.3) is 0 Å². The number of esters is 1. The molecule has 0 aromatic rings. The highest BCUT2D eigenvalue weighted by Gasteiger charge is 2.61. The molecule has 0 aromatic carbocycles. The minimum Gasteiger partial charge on any atom is -0.469 e. The lowest BCUT2D eigenvalue weighted by Crippen LogP contribution is -2.19. The van der Waals surface area contributed by atoms with Crippen LogP contribution in [0.4, 0.5) is 0 Å². The summed E-state index contributed by atoms with van der Waals surface area (Å²) in [7, 11) is 1.48. The standard InChI is InChI=1S/C8H12O2/c1-10-7(9)6-5-8(6)3-2-4-8/h6H,2-5H2,1H3. The molecule has 0 aliphatic heterocycles. The lowest BCUT2D eigenvalue weighted by Gasteiger charge is -2.25. The number of rotatable bonds is 1. The van der Waals surface area contributed by atoms with Crippen LogP contribution in [0.5, 0.6) is 0 Å². The summed E-state index contributed by atoms with van der Waals surface area (Å²) in [6.45, 7) is 0. The third kappa shape index (κ3) is 0.619. The highest BCUT2D eigenvalue weighted by Crippen LogP contribution is 2.65. The van der Waals surface area contributed by atoms with Crippen molar-refractivity contribution in [1.82, 2.24) is 0 Å². The second kappa shape index (κ2) is 1.74. The summed E-state index contributed by atoms with van der Waals surface area (Å²) in [5.74, 6) is 0.283. The van der Waals surface area contributed by atoms with E-state index in [0.717, 1.165) is 6.42 Å². The Labute approximate surface area is 60.6 Å². The third-order valence-corrected chi connectivity index (χ3v) is 3.02. The van der Waals surface area contributed by atoms with Crippen LogP contribution in [-0.2, 0) is 9.53 Å². The van der Waals surface area contributed by atoms with E-state index < -0.39 is 0 Å². The molecule has 0 N–H and O–H groups in total. The summed E-state index contributed by atoms with van der Waals surface area (Å²) in [5, 5.41) is 0. The molecule has 2 fully saturated rings. The summed E-state index contributed by atoms with van der Waals surface area (Å²) in [6.07, 6.45) is 4.92. The van der Waals surface area contributed by atoms with Crippen LogP contribution in [0.2, 0.25) is 0 Å². The first-order valence-electron chi connectivity index (χ1n) is 3.86. The average Bonchev–Trinajstić information content (AvgIpc) is 2.59. The van der Waals surface area contributed by atoms with Crippen molar-refractivity contribution in [3.8, 4) is 0 Å². The molecule has 56 valence electrons. The van der Waals surface area contributed by atoms with E-state index in [2.05, 4.69) is 4.74 Å². The van der Waals surface area contributed by atoms with Crippen LogP contribution in [0.1, 0.15) is 25.7 Å². The summed E-state index contributed by atoms with van der Waals surface area (Å²) in [6, 6.07) is 0. The maximum Gasteiger partial charge on any atom is 0.309 e. The van der Waals surface area contributed by atoms with Gasteiger partial charge >= 0.3 is 5.97 Å². The highest BCUT2D eigenvalue weighted by molar-refractivity contribution is 5.77. The zero-order valence-corrected chi connectivity index (χ0v) is 6.22. The van der Waals surface area contributed by atoms with E-state index >= 15 is 0 Å². The SMILES string of the molecule is COC(=O)C1CC12CCC2. The molecule has 10 heavy (non-hydrogen) atoms. The fourth-order valence-corrected chi connectivity index (χ4v) is 2.01. The minimum absolute atomic E-state index is 0.0136. The fraction of sp³-hybridized carbons (Fsp3) is 0.875. The van der Waals surface area contributed by atoms with Gasteiger partial charge in [0, 0.05) is 0 Å². The number of carbonyl (C=O) groups is 1. The lowest BCUT2D eigenvalue weighted by atomic mass is 9.80. The quantitative estimate of drug-likeness (QED) is 0.514. The van der Waals surface area contributed by atoms with Gasteiger partial charge in [-0.25, -0.2) is 0 Å². The Balaban J connectivity index is 1.94. The average molecular weight is 140 g/mol. The molecule has 2 saturated carbocycles. The molecular formula is C8H12O2. The van der Waals surface area contributed by atoms with Gasteiger partial charge in [0.15, 0.2) is 0 Å². The summed E-state index contributed by atoms with van der Waals surface area (Å²) >= 11 is 0. The predicted molar refractivity (Wildman–Crippen MR) is 36.4 cm³/mol. The zero-order chi connectivity index (χ0) is 7.19. The third-order valence-electron chi connectivity index (χ3n) is 3.02. The Morgan fingerprint density at radius 2 is 2.30 bits per heavy atom. The van der Waals surface area contributed by atoms with Crippen molar-refractivity contribution in [3.05, 3.63) is 0 Å². The van der Waals surface area contributed by atoms with Gasteiger partial charge in [0.05, 0.1) is 13.0 Å². The van der Waals surface area contributed by atoms with Crippen molar-refractivity contribution >= 4 is 5.97 Å². The molecule has 2 heteroatoms. The molecule has 2 rings (SSSR count). The molecule has 0 bridgehead atoms. The summed E-state index contributed by atoms with van der Waals surface area (Å²) in [5.41, 5.74) is 0.438. The first kappa shape index (κ1) is 6.20. The normalized spacial score (nSPS) is 33.1. The van der Waals surface area contributed by atoms with E-state index in [0.29, 0.717) is 5.41 Å². The van der Waals surface area contributed by atoms with E-state index in [1.54, 1.807) is 0 Å². The van der Waals surface area contributed by atoms with E-state index in [1.807, 2.05) is 0 Å². The van der Waals surface area contributed by atoms with Gasteiger partial charge in [-0.3, -0.25) is 4.79 Å². The van der Waals surface area contributed by atoms with Gasteiger partial charge in [0.25, 0.3) is 0 Å². The van der Waals surface area contributed by atoms with Gasteiger partial charge in [-0.15, -0.1) is 0 Å². The molecule has 0 heterocycles. The minimum atomic E-state index is 0.0136. The Morgan fingerprint density at radius 1 is 1.60 bits per heavy atom. The highest BCUT2D eigenvalue weighted by atomic mass is 16.5. The van der Waals surface area contributed by atoms with Gasteiger partial charge in [-0.2, -0.15) is 0 Å². The molecule has 0 aromatic heterocycles. The summed E-state index contributed by atoms with van der Waals surface area (Å²) < 4.78 is 4.67. The largest absolute Gasteiger partial charge is 0.469 e. The van der Waals surface area contributed by atoms with E-state index in [4.69, 9.17) is 0 Å². The van der Waals surface area contributed by atoms with Crippen LogP contribution in [0.15, 0.2) is 0 Å². The number of hydrogen-bond donors (Lipinski definition) is 0. The maximum absolute atomic E-state index is 11.0. The molecule has 2 nitrogen and oxygen atoms in total. The Bertz CT molecular complexity index is 170. The van der Waals surface area contributed by atoms with Crippen molar-refractivity contribution in [2.75, 3.05) is 7.11 Å². The zero-order valence-electron chi connectivity index (χ0n) is 6.22. The van der Waals surface area contributed by atoms with Gasteiger partial charge in [0.1, 0.15) is 0 Å². The Kier molecular flexibility index (Phi) is 1.08. The van der Waals surface area contributed by atoms with Crippen LogP contribution < -0.4 is 0 Å². The Morgan fingerprint density at radius 3 is 2.60 bits per heavy atom.